The number of nitrogens with one attached hydrogen (secondary N) is 1. The summed E-state index contributed by atoms with van der Waals surface area (Å²) in [6, 6.07) is 23.3. The fourth-order valence-electron chi connectivity index (χ4n) is 4.26. The molecule has 0 aliphatic rings. The first-order valence-electron chi connectivity index (χ1n) is 13.0. The van der Waals surface area contributed by atoms with Gasteiger partial charge in [-0.25, -0.2) is 8.42 Å². The molecular formula is C30H36BrN3O4S. The van der Waals surface area contributed by atoms with E-state index in [4.69, 9.17) is 0 Å². The molecule has 0 aromatic heterocycles. The van der Waals surface area contributed by atoms with E-state index in [1.165, 1.54) is 4.90 Å². The van der Waals surface area contributed by atoms with Crippen molar-refractivity contribution in [2.75, 3.05) is 23.7 Å². The van der Waals surface area contributed by atoms with Gasteiger partial charge >= 0.3 is 0 Å². The first-order valence-corrected chi connectivity index (χ1v) is 15.7. The number of benzene rings is 3. The average Bonchev–Trinajstić information content (AvgIpc) is 2.92. The summed E-state index contributed by atoms with van der Waals surface area (Å²) in [5.41, 5.74) is 3.18. The maximum Gasteiger partial charge on any atom is 0.244 e. The van der Waals surface area contributed by atoms with Gasteiger partial charge in [0.2, 0.25) is 21.8 Å². The summed E-state index contributed by atoms with van der Waals surface area (Å²) in [5.74, 6) is -0.741. The molecule has 0 radical (unpaired) electrons. The predicted octanol–water partition coefficient (Wildman–Crippen LogP) is 4.94. The molecule has 208 valence electrons. The molecule has 1 N–H and O–H groups in total. The monoisotopic (exact) mass is 613 g/mol. The summed E-state index contributed by atoms with van der Waals surface area (Å²) in [6.45, 7) is 4.17. The molecule has 3 aromatic rings. The largest absolute Gasteiger partial charge is 0.354 e. The summed E-state index contributed by atoms with van der Waals surface area (Å²) >= 11 is 3.48. The second-order valence-electron chi connectivity index (χ2n) is 9.44. The molecule has 7 nitrogen and oxygen atoms in total. The van der Waals surface area contributed by atoms with Crippen molar-refractivity contribution in [3.8, 4) is 0 Å². The zero-order valence-electron chi connectivity index (χ0n) is 22.6. The van der Waals surface area contributed by atoms with E-state index in [0.717, 1.165) is 44.6 Å². The Balaban J connectivity index is 2.03. The SMILES string of the molecule is CCCNC(=O)C(Cc1ccccc1)N(Cc1cccc(Br)c1)C(=O)CN(c1ccc(CC)cc1)S(C)(=O)=O. The molecule has 0 aliphatic heterocycles. The number of hydrogen-bond acceptors (Lipinski definition) is 4. The lowest BCUT2D eigenvalue weighted by molar-refractivity contribution is -0.140. The van der Waals surface area contributed by atoms with E-state index in [0.29, 0.717) is 18.7 Å². The van der Waals surface area contributed by atoms with Crippen LogP contribution in [0.4, 0.5) is 5.69 Å². The molecule has 0 aliphatic carbocycles. The molecule has 0 bridgehead atoms. The first kappa shape index (κ1) is 30.4. The fourth-order valence-corrected chi connectivity index (χ4v) is 5.56. The second kappa shape index (κ2) is 14.3. The lowest BCUT2D eigenvalue weighted by atomic mass is 10.0. The smallest absolute Gasteiger partial charge is 0.244 e. The van der Waals surface area contributed by atoms with Gasteiger partial charge in [-0.2, -0.15) is 0 Å². The van der Waals surface area contributed by atoms with Crippen LogP contribution >= 0.6 is 15.9 Å². The van der Waals surface area contributed by atoms with Crippen molar-refractivity contribution in [3.63, 3.8) is 0 Å². The number of rotatable bonds is 13. The van der Waals surface area contributed by atoms with Crippen molar-refractivity contribution in [2.45, 2.75) is 45.7 Å². The van der Waals surface area contributed by atoms with Crippen molar-refractivity contribution in [3.05, 3.63) is 100 Å². The van der Waals surface area contributed by atoms with Crippen molar-refractivity contribution in [1.82, 2.24) is 10.2 Å². The Morgan fingerprint density at radius 1 is 0.897 bits per heavy atom. The number of amides is 2. The normalized spacial score (nSPS) is 12.0. The minimum atomic E-state index is -3.79. The maximum atomic E-state index is 14.0. The molecule has 1 unspecified atom stereocenters. The number of halogens is 1. The highest BCUT2D eigenvalue weighted by Crippen LogP contribution is 2.22. The van der Waals surface area contributed by atoms with Crippen LogP contribution in [0.3, 0.4) is 0 Å². The molecular weight excluding hydrogens is 578 g/mol. The Bertz CT molecular complexity index is 1350. The van der Waals surface area contributed by atoms with E-state index in [1.54, 1.807) is 12.1 Å². The molecule has 39 heavy (non-hydrogen) atoms. The van der Waals surface area contributed by atoms with E-state index >= 15 is 0 Å². The van der Waals surface area contributed by atoms with Gasteiger partial charge in [0.25, 0.3) is 0 Å². The molecule has 9 heteroatoms. The Hall–Kier alpha value is -3.17. The summed E-state index contributed by atoms with van der Waals surface area (Å²) in [4.78, 5) is 29.0. The predicted molar refractivity (Wildman–Crippen MR) is 160 cm³/mol. The lowest BCUT2D eigenvalue weighted by Crippen LogP contribution is -2.53. The van der Waals surface area contributed by atoms with Crippen LogP contribution in [0.5, 0.6) is 0 Å². The molecule has 0 saturated heterocycles. The highest BCUT2D eigenvalue weighted by Gasteiger charge is 2.33. The third-order valence-electron chi connectivity index (χ3n) is 6.37. The molecule has 0 heterocycles. The Morgan fingerprint density at radius 3 is 2.15 bits per heavy atom. The van der Waals surface area contributed by atoms with Crippen LogP contribution in [-0.4, -0.2) is 50.5 Å². The maximum absolute atomic E-state index is 14.0. The number of anilines is 1. The minimum absolute atomic E-state index is 0.141. The van der Waals surface area contributed by atoms with E-state index in [2.05, 4.69) is 21.2 Å². The van der Waals surface area contributed by atoms with Gasteiger partial charge in [0.15, 0.2) is 0 Å². The molecule has 3 aromatic carbocycles. The van der Waals surface area contributed by atoms with Crippen molar-refractivity contribution < 1.29 is 18.0 Å². The van der Waals surface area contributed by atoms with Crippen LogP contribution in [0.2, 0.25) is 0 Å². The van der Waals surface area contributed by atoms with Crippen molar-refractivity contribution in [1.29, 1.82) is 0 Å². The second-order valence-corrected chi connectivity index (χ2v) is 12.3. The van der Waals surface area contributed by atoms with E-state index in [-0.39, 0.29) is 12.5 Å². The Morgan fingerprint density at radius 2 is 1.56 bits per heavy atom. The summed E-state index contributed by atoms with van der Waals surface area (Å²) in [5, 5.41) is 2.94. The molecule has 3 rings (SSSR count). The highest BCUT2D eigenvalue weighted by molar-refractivity contribution is 9.10. The van der Waals surface area contributed by atoms with Gasteiger partial charge in [0, 0.05) is 24.0 Å². The average molecular weight is 615 g/mol. The standard InChI is InChI=1S/C30H36BrN3O4S/c1-4-18-32-30(36)28(20-24-10-7-6-8-11-24)33(21-25-12-9-13-26(31)19-25)29(35)22-34(39(3,37)38)27-16-14-23(5-2)15-17-27/h6-17,19,28H,4-5,18,20-22H2,1-3H3,(H,32,36). The third-order valence-corrected chi connectivity index (χ3v) is 8.01. The van der Waals surface area contributed by atoms with Crippen LogP contribution in [0.15, 0.2) is 83.3 Å². The summed E-state index contributed by atoms with van der Waals surface area (Å²) in [7, 11) is -3.79. The van der Waals surface area contributed by atoms with Crippen molar-refractivity contribution >= 4 is 43.5 Å². The van der Waals surface area contributed by atoms with Gasteiger partial charge in [0.1, 0.15) is 12.6 Å². The van der Waals surface area contributed by atoms with Crippen LogP contribution in [0.25, 0.3) is 0 Å². The molecule has 2 amide bonds. The minimum Gasteiger partial charge on any atom is -0.354 e. The van der Waals surface area contributed by atoms with E-state index < -0.39 is 28.5 Å². The zero-order chi connectivity index (χ0) is 28.4. The van der Waals surface area contributed by atoms with Gasteiger partial charge in [-0.3, -0.25) is 13.9 Å². The van der Waals surface area contributed by atoms with Gasteiger partial charge in [-0.05, 0) is 53.8 Å². The van der Waals surface area contributed by atoms with Gasteiger partial charge < -0.3 is 10.2 Å². The fraction of sp³-hybridized carbons (Fsp3) is 0.333. The Labute approximate surface area is 240 Å². The van der Waals surface area contributed by atoms with E-state index in [9.17, 15) is 18.0 Å². The van der Waals surface area contributed by atoms with Crippen LogP contribution in [0, 0.1) is 0 Å². The number of hydrogen-bond donors (Lipinski definition) is 1. The number of sulfonamides is 1. The molecule has 0 spiro atoms. The van der Waals surface area contributed by atoms with E-state index in [1.807, 2.05) is 80.6 Å². The van der Waals surface area contributed by atoms with Gasteiger partial charge in [-0.15, -0.1) is 0 Å². The summed E-state index contributed by atoms with van der Waals surface area (Å²) in [6.07, 6.45) is 2.94. The molecule has 0 saturated carbocycles. The number of nitrogens with zero attached hydrogens (tertiary/aromatic N) is 2. The first-order chi connectivity index (χ1) is 18.6. The van der Waals surface area contributed by atoms with Gasteiger partial charge in [0.05, 0.1) is 11.9 Å². The number of carbonyl (C=O) groups excluding carboxylic acids is 2. The number of aryl methyl sites for hydroxylation is 1. The zero-order valence-corrected chi connectivity index (χ0v) is 25.0. The summed E-state index contributed by atoms with van der Waals surface area (Å²) < 4.78 is 27.7. The van der Waals surface area contributed by atoms with Gasteiger partial charge in [-0.1, -0.05) is 84.4 Å². The topological polar surface area (TPSA) is 86.8 Å². The van der Waals surface area contributed by atoms with Crippen LogP contribution in [-0.2, 0) is 39.0 Å². The number of carbonyl (C=O) groups is 2. The molecule has 0 fully saturated rings. The van der Waals surface area contributed by atoms with Crippen LogP contribution in [0.1, 0.15) is 37.0 Å². The quantitative estimate of drug-likeness (QED) is 0.296. The third kappa shape index (κ3) is 8.93. The lowest BCUT2D eigenvalue weighted by Gasteiger charge is -2.33. The molecule has 1 atom stereocenters. The van der Waals surface area contributed by atoms with Crippen LogP contribution < -0.4 is 9.62 Å². The van der Waals surface area contributed by atoms with Crippen molar-refractivity contribution in [2.24, 2.45) is 0 Å². The Kier molecular flexibility index (Phi) is 11.1. The highest BCUT2D eigenvalue weighted by atomic mass is 79.9.